The second-order valence-corrected chi connectivity index (χ2v) is 23.8. The second-order valence-electron chi connectivity index (χ2n) is 23.8. The van der Waals surface area contributed by atoms with Gasteiger partial charge in [-0.2, -0.15) is 0 Å². The van der Waals surface area contributed by atoms with Crippen LogP contribution in [0.3, 0.4) is 0 Å². The van der Waals surface area contributed by atoms with E-state index in [1.54, 1.807) is 0 Å². The highest BCUT2D eigenvalue weighted by molar-refractivity contribution is 5.76. The van der Waals surface area contributed by atoms with Crippen LogP contribution in [0.2, 0.25) is 0 Å². The number of carboxylic acid groups (broad SMARTS) is 2. The molecule has 2 N–H and O–H groups in total. The number of hydrogen-bond donors (Lipinski definition) is 2. The highest BCUT2D eigenvalue weighted by atomic mass is 16.5. The predicted octanol–water partition coefficient (Wildman–Crippen LogP) is 23.6. The van der Waals surface area contributed by atoms with Crippen LogP contribution < -0.4 is 0 Å². The van der Waals surface area contributed by atoms with E-state index in [0.717, 1.165) is 33.1 Å². The molecule has 0 amide bonds. The second kappa shape index (κ2) is 53.4. The van der Waals surface area contributed by atoms with Gasteiger partial charge in [-0.1, -0.05) is 300 Å². The molecule has 0 rings (SSSR count). The summed E-state index contributed by atoms with van der Waals surface area (Å²) in [5.41, 5.74) is 0.738. The van der Waals surface area contributed by atoms with E-state index in [4.69, 9.17) is 24.5 Å². The Labute approximate surface area is 464 Å². The molecule has 0 unspecified atom stereocenters. The Kier molecular flexibility index (Phi) is 55.3. The number of unbranched alkanes of at least 4 members (excludes halogenated alkanes) is 27. The van der Waals surface area contributed by atoms with E-state index in [1.807, 2.05) is 0 Å². The lowest BCUT2D eigenvalue weighted by atomic mass is 9.41. The van der Waals surface area contributed by atoms with Gasteiger partial charge in [0.25, 0.3) is 11.9 Å². The molecule has 0 aromatic rings. The molecule has 444 valence electrons. The summed E-state index contributed by atoms with van der Waals surface area (Å²) < 4.78 is 6.21. The average Bonchev–Trinajstić information content (AvgIpc) is 3.37. The first-order valence-electron chi connectivity index (χ1n) is 33.3. The van der Waals surface area contributed by atoms with Crippen molar-refractivity contribution in [2.75, 3.05) is 6.61 Å². The molecule has 0 saturated carbocycles. The van der Waals surface area contributed by atoms with E-state index in [0.29, 0.717) is 22.9 Å². The Morgan fingerprint density at radius 1 is 0.284 bits per heavy atom. The molecule has 0 aromatic carbocycles. The Morgan fingerprint density at radius 3 is 0.689 bits per heavy atom. The predicted molar refractivity (Wildman–Crippen MR) is 326 cm³/mol. The van der Waals surface area contributed by atoms with Crippen molar-refractivity contribution >= 4 is 17.9 Å². The van der Waals surface area contributed by atoms with Gasteiger partial charge in [0.2, 0.25) is 0 Å². The van der Waals surface area contributed by atoms with Crippen molar-refractivity contribution in [2.45, 2.75) is 391 Å². The molecule has 0 bridgehead atoms. The Balaban J connectivity index is -0.00000583. The summed E-state index contributed by atoms with van der Waals surface area (Å²) in [7, 11) is 0. The van der Waals surface area contributed by atoms with Crippen molar-refractivity contribution in [3.05, 3.63) is 0 Å². The fourth-order valence-electron chi connectivity index (χ4n) is 13.6. The molecule has 6 heteroatoms. The van der Waals surface area contributed by atoms with Gasteiger partial charge < -0.3 is 14.9 Å². The first-order valence-corrected chi connectivity index (χ1v) is 33.3. The lowest BCUT2D eigenvalue weighted by Crippen LogP contribution is -2.55. The van der Waals surface area contributed by atoms with Gasteiger partial charge in [-0.3, -0.25) is 14.4 Å². The maximum Gasteiger partial charge on any atom is 0.312 e. The fourth-order valence-corrected chi connectivity index (χ4v) is 13.6. The van der Waals surface area contributed by atoms with Crippen molar-refractivity contribution in [1.29, 1.82) is 0 Å². The van der Waals surface area contributed by atoms with Crippen molar-refractivity contribution in [2.24, 2.45) is 21.7 Å². The number of carbonyl (C=O) groups excluding carboxylic acids is 1. The summed E-state index contributed by atoms with van der Waals surface area (Å²) in [6, 6.07) is 0. The third-order valence-electron chi connectivity index (χ3n) is 17.5. The smallest absolute Gasteiger partial charge is 0.312 e. The van der Waals surface area contributed by atoms with Crippen molar-refractivity contribution < 1.29 is 29.3 Å². The molecule has 0 spiro atoms. The fraction of sp³-hybridized carbons (Fsp3) is 0.956. The summed E-state index contributed by atoms with van der Waals surface area (Å²) in [6.45, 7) is 26.4. The van der Waals surface area contributed by atoms with Crippen LogP contribution in [-0.2, 0) is 19.1 Å². The molecule has 0 atom stereocenters. The zero-order valence-corrected chi connectivity index (χ0v) is 52.7. The van der Waals surface area contributed by atoms with Gasteiger partial charge >= 0.3 is 5.97 Å². The van der Waals surface area contributed by atoms with Gasteiger partial charge in [-0.05, 0) is 93.8 Å². The molecule has 0 aromatic heterocycles. The van der Waals surface area contributed by atoms with E-state index in [9.17, 15) is 4.79 Å². The van der Waals surface area contributed by atoms with Crippen LogP contribution in [0.25, 0.3) is 0 Å². The van der Waals surface area contributed by atoms with Gasteiger partial charge in [0.05, 0.1) is 12.0 Å². The number of esters is 1. The van der Waals surface area contributed by atoms with Crippen molar-refractivity contribution in [1.82, 2.24) is 0 Å². The third kappa shape index (κ3) is 36.5. The molecule has 6 nitrogen and oxygen atoms in total. The molecule has 0 aliphatic heterocycles. The highest BCUT2D eigenvalue weighted by Crippen LogP contribution is 2.69. The lowest BCUT2D eigenvalue weighted by molar-refractivity contribution is -0.159. The molecular formula is C68H136O6. The third-order valence-corrected chi connectivity index (χ3v) is 17.5. The molecular weight excluding hydrogens is 913 g/mol. The average molecular weight is 1050 g/mol. The van der Waals surface area contributed by atoms with Crippen LogP contribution in [0.1, 0.15) is 391 Å². The molecule has 74 heavy (non-hydrogen) atoms. The minimum atomic E-state index is -0.833. The van der Waals surface area contributed by atoms with Gasteiger partial charge in [0, 0.05) is 13.8 Å². The molecule has 0 fully saturated rings. The van der Waals surface area contributed by atoms with Crippen LogP contribution in [0.5, 0.6) is 0 Å². The van der Waals surface area contributed by atoms with Crippen LogP contribution in [0.15, 0.2) is 0 Å². The minimum Gasteiger partial charge on any atom is -0.481 e. The molecule has 0 aliphatic carbocycles. The molecule has 0 saturated heterocycles. The Bertz CT molecular complexity index is 1120. The summed E-state index contributed by atoms with van der Waals surface area (Å²) in [5.74, 6) is -1.50. The van der Waals surface area contributed by atoms with Crippen LogP contribution in [0, 0.1) is 21.7 Å². The van der Waals surface area contributed by atoms with Crippen molar-refractivity contribution in [3.63, 3.8) is 0 Å². The Hall–Kier alpha value is -1.59. The highest BCUT2D eigenvalue weighted by Gasteiger charge is 2.59. The van der Waals surface area contributed by atoms with Crippen molar-refractivity contribution in [3.8, 4) is 0 Å². The quantitative estimate of drug-likeness (QED) is 0.0465. The first kappa shape index (κ1) is 76.6. The van der Waals surface area contributed by atoms with E-state index in [2.05, 4.69) is 69.2 Å². The number of carbonyl (C=O) groups is 3. The SMILES string of the molecule is CC(=O)O.CC(=O)O.CCCCCCC(CCCCCC)(CCCC(CCCCCC)(CCCCCC)C(CCCCCC)(CCCCCC)C(CCCCCC)(CCCCCC)CCCCCC)C(=O)OCC. The van der Waals surface area contributed by atoms with Gasteiger partial charge in [-0.25, -0.2) is 0 Å². The summed E-state index contributed by atoms with van der Waals surface area (Å²) in [5, 5.41) is 14.8. The molecule has 0 radical (unpaired) electrons. The standard InChI is InChI=1S/C64H128O2.2C2H4O2/c1-11-21-30-39-49-61(60(65)66-20-10,50-40-31-22-12-2)51-48-57-63(55-44-35-26-16-6,56-45-36-27-17-7)64(58-46-37-28-18-8,59-47-38-29-19-9)62(52-41-32-23-13-3,53-42-33-24-14-4)54-43-34-25-15-5;2*1-2(3)4/h11-59H2,1-10H3;2*1H3,(H,3,4). The topological polar surface area (TPSA) is 101 Å². The van der Waals surface area contributed by atoms with Gasteiger partial charge in [0.15, 0.2) is 0 Å². The number of ether oxygens (including phenoxy) is 1. The largest absolute Gasteiger partial charge is 0.481 e. The summed E-state index contributed by atoms with van der Waals surface area (Å²) in [4.78, 5) is 32.7. The van der Waals surface area contributed by atoms with Crippen LogP contribution in [-0.4, -0.2) is 34.7 Å². The van der Waals surface area contributed by atoms with E-state index in [1.165, 1.54) is 289 Å². The minimum absolute atomic E-state index is 0.164. The zero-order chi connectivity index (χ0) is 56.1. The van der Waals surface area contributed by atoms with Gasteiger partial charge in [-0.15, -0.1) is 0 Å². The van der Waals surface area contributed by atoms with E-state index >= 15 is 0 Å². The number of aliphatic carboxylic acids is 2. The maximum atomic E-state index is 14.7. The monoisotopic (exact) mass is 1050 g/mol. The lowest BCUT2D eigenvalue weighted by Gasteiger charge is -2.64. The molecule has 0 heterocycles. The summed E-state index contributed by atoms with van der Waals surface area (Å²) >= 11 is 0. The van der Waals surface area contributed by atoms with E-state index < -0.39 is 11.9 Å². The number of hydrogen-bond acceptors (Lipinski definition) is 4. The van der Waals surface area contributed by atoms with E-state index in [-0.39, 0.29) is 11.4 Å². The molecule has 0 aliphatic rings. The maximum absolute atomic E-state index is 14.7. The Morgan fingerprint density at radius 2 is 0.473 bits per heavy atom. The zero-order valence-electron chi connectivity index (χ0n) is 52.7. The van der Waals surface area contributed by atoms with Crippen LogP contribution in [0.4, 0.5) is 0 Å². The van der Waals surface area contributed by atoms with Gasteiger partial charge in [0.1, 0.15) is 0 Å². The van der Waals surface area contributed by atoms with Crippen LogP contribution >= 0.6 is 0 Å². The normalized spacial score (nSPS) is 12.0. The number of rotatable bonds is 53. The number of carboxylic acids is 2. The first-order chi connectivity index (χ1) is 35.7. The summed E-state index contributed by atoms with van der Waals surface area (Å²) in [6.07, 6.45) is 64.6.